The van der Waals surface area contributed by atoms with Crippen molar-refractivity contribution >= 4 is 5.69 Å². The summed E-state index contributed by atoms with van der Waals surface area (Å²) in [5, 5.41) is 13.9. The summed E-state index contributed by atoms with van der Waals surface area (Å²) < 4.78 is 27.0. The zero-order valence-electron chi connectivity index (χ0n) is 12.1. The average molecular weight is 298 g/mol. The normalized spacial score (nSPS) is 17.7. The molecule has 1 atom stereocenters. The SMILES string of the molecule is C[C@H](NCc1cc([N+](=O)[O-])c(F)cc1F)C1CCCCC1. The molecule has 0 spiro atoms. The first-order valence-electron chi connectivity index (χ1n) is 7.34. The van der Waals surface area contributed by atoms with Gasteiger partial charge in [0.25, 0.3) is 0 Å². The van der Waals surface area contributed by atoms with Crippen molar-refractivity contribution in [1.82, 2.24) is 5.32 Å². The first-order chi connectivity index (χ1) is 9.99. The minimum Gasteiger partial charge on any atom is -0.310 e. The molecule has 2 rings (SSSR count). The van der Waals surface area contributed by atoms with E-state index in [9.17, 15) is 18.9 Å². The van der Waals surface area contributed by atoms with Gasteiger partial charge >= 0.3 is 5.69 Å². The first-order valence-corrected chi connectivity index (χ1v) is 7.34. The van der Waals surface area contributed by atoms with E-state index in [1.807, 2.05) is 6.92 Å². The van der Waals surface area contributed by atoms with Crippen LogP contribution in [0, 0.1) is 27.7 Å². The molecule has 1 aromatic rings. The van der Waals surface area contributed by atoms with E-state index in [2.05, 4.69) is 5.32 Å². The fraction of sp³-hybridized carbons (Fsp3) is 0.600. The first kappa shape index (κ1) is 15.8. The van der Waals surface area contributed by atoms with Gasteiger partial charge in [0, 0.05) is 30.3 Å². The molecule has 4 nitrogen and oxygen atoms in total. The van der Waals surface area contributed by atoms with Gasteiger partial charge in [0.15, 0.2) is 0 Å². The van der Waals surface area contributed by atoms with Gasteiger partial charge in [-0.15, -0.1) is 0 Å². The van der Waals surface area contributed by atoms with Gasteiger partial charge in [-0.2, -0.15) is 4.39 Å². The third-order valence-corrected chi connectivity index (χ3v) is 4.28. The van der Waals surface area contributed by atoms with Crippen LogP contribution >= 0.6 is 0 Å². The Morgan fingerprint density at radius 3 is 2.57 bits per heavy atom. The highest BCUT2D eigenvalue weighted by Gasteiger charge is 2.22. The lowest BCUT2D eigenvalue weighted by Crippen LogP contribution is -2.34. The minimum atomic E-state index is -1.14. The zero-order chi connectivity index (χ0) is 15.4. The number of rotatable bonds is 5. The van der Waals surface area contributed by atoms with E-state index in [1.165, 1.54) is 19.3 Å². The van der Waals surface area contributed by atoms with Gasteiger partial charge in [-0.3, -0.25) is 10.1 Å². The van der Waals surface area contributed by atoms with Crippen LogP contribution in [0.1, 0.15) is 44.6 Å². The molecule has 1 aliphatic rings. The Kier molecular flexibility index (Phi) is 5.22. The lowest BCUT2D eigenvalue weighted by Gasteiger charge is -2.28. The van der Waals surface area contributed by atoms with Gasteiger partial charge in [0.05, 0.1) is 4.92 Å². The Morgan fingerprint density at radius 2 is 1.95 bits per heavy atom. The van der Waals surface area contributed by atoms with Crippen LogP contribution in [0.15, 0.2) is 12.1 Å². The molecule has 0 aromatic heterocycles. The molecule has 0 bridgehead atoms. The number of nitro groups is 1. The molecule has 0 radical (unpaired) electrons. The topological polar surface area (TPSA) is 55.2 Å². The Balaban J connectivity index is 2.02. The van der Waals surface area contributed by atoms with Crippen LogP contribution < -0.4 is 5.32 Å². The van der Waals surface area contributed by atoms with Gasteiger partial charge in [0.1, 0.15) is 5.82 Å². The average Bonchev–Trinajstić information content (AvgIpc) is 2.46. The smallest absolute Gasteiger partial charge is 0.305 e. The highest BCUT2D eigenvalue weighted by Crippen LogP contribution is 2.27. The van der Waals surface area contributed by atoms with Crippen molar-refractivity contribution in [2.45, 2.75) is 51.6 Å². The minimum absolute atomic E-state index is 0.130. The second kappa shape index (κ2) is 6.93. The molecule has 1 aliphatic carbocycles. The molecule has 0 heterocycles. The van der Waals surface area contributed by atoms with Crippen molar-refractivity contribution in [2.24, 2.45) is 5.92 Å². The molecule has 21 heavy (non-hydrogen) atoms. The Morgan fingerprint density at radius 1 is 1.29 bits per heavy atom. The molecule has 6 heteroatoms. The fourth-order valence-corrected chi connectivity index (χ4v) is 2.93. The van der Waals surface area contributed by atoms with E-state index in [1.54, 1.807) is 0 Å². The number of nitrogens with zero attached hydrogens (tertiary/aromatic N) is 1. The van der Waals surface area contributed by atoms with E-state index in [4.69, 9.17) is 0 Å². The van der Waals surface area contributed by atoms with Crippen LogP contribution in [0.25, 0.3) is 0 Å². The van der Waals surface area contributed by atoms with Gasteiger partial charge < -0.3 is 5.32 Å². The number of benzene rings is 1. The van der Waals surface area contributed by atoms with Gasteiger partial charge in [-0.1, -0.05) is 19.3 Å². The van der Waals surface area contributed by atoms with Crippen LogP contribution in [-0.2, 0) is 6.54 Å². The monoisotopic (exact) mass is 298 g/mol. The summed E-state index contributed by atoms with van der Waals surface area (Å²) in [7, 11) is 0. The summed E-state index contributed by atoms with van der Waals surface area (Å²) in [6.45, 7) is 2.22. The lowest BCUT2D eigenvalue weighted by molar-refractivity contribution is -0.387. The summed E-state index contributed by atoms with van der Waals surface area (Å²) in [4.78, 5) is 9.86. The Labute approximate surface area is 122 Å². The van der Waals surface area contributed by atoms with Gasteiger partial charge in [0.2, 0.25) is 5.82 Å². The number of halogens is 2. The predicted molar refractivity (Wildman–Crippen MR) is 75.9 cm³/mol. The Bertz CT molecular complexity index is 517. The van der Waals surface area contributed by atoms with Crippen LogP contribution in [0.5, 0.6) is 0 Å². The van der Waals surface area contributed by atoms with Crippen LogP contribution in [0.2, 0.25) is 0 Å². The molecule has 0 unspecified atom stereocenters. The van der Waals surface area contributed by atoms with Crippen LogP contribution in [0.4, 0.5) is 14.5 Å². The van der Waals surface area contributed by atoms with Crippen molar-refractivity contribution < 1.29 is 13.7 Å². The van der Waals surface area contributed by atoms with E-state index < -0.39 is 22.2 Å². The summed E-state index contributed by atoms with van der Waals surface area (Å²) in [6, 6.07) is 1.78. The van der Waals surface area contributed by atoms with Crippen molar-refractivity contribution in [3.05, 3.63) is 39.4 Å². The molecule has 1 saturated carbocycles. The highest BCUT2D eigenvalue weighted by atomic mass is 19.1. The van der Waals surface area contributed by atoms with E-state index in [0.29, 0.717) is 12.0 Å². The maximum atomic E-state index is 13.7. The standard InChI is InChI=1S/C15H20F2N2O2/c1-10(11-5-3-2-4-6-11)18-9-12-7-15(19(20)21)14(17)8-13(12)16/h7-8,10-11,18H,2-6,9H2,1H3/t10-/m0/s1. The number of nitro benzene ring substituents is 1. The second-order valence-corrected chi connectivity index (χ2v) is 5.72. The fourth-order valence-electron chi connectivity index (χ4n) is 2.93. The largest absolute Gasteiger partial charge is 0.310 e. The molecular formula is C15H20F2N2O2. The lowest BCUT2D eigenvalue weighted by atomic mass is 9.84. The van der Waals surface area contributed by atoms with Crippen LogP contribution in [-0.4, -0.2) is 11.0 Å². The molecule has 1 N–H and O–H groups in total. The van der Waals surface area contributed by atoms with E-state index in [-0.39, 0.29) is 18.2 Å². The highest BCUT2D eigenvalue weighted by molar-refractivity contribution is 5.37. The third kappa shape index (κ3) is 3.97. The van der Waals surface area contributed by atoms with Gasteiger partial charge in [-0.05, 0) is 25.7 Å². The van der Waals surface area contributed by atoms with Crippen molar-refractivity contribution in [3.8, 4) is 0 Å². The van der Waals surface area contributed by atoms with Crippen molar-refractivity contribution in [3.63, 3.8) is 0 Å². The zero-order valence-corrected chi connectivity index (χ0v) is 12.1. The summed E-state index contributed by atoms with van der Waals surface area (Å²) in [6.07, 6.45) is 6.00. The number of hydrogen-bond donors (Lipinski definition) is 1. The summed E-state index contributed by atoms with van der Waals surface area (Å²) in [5.41, 5.74) is -0.552. The molecule has 1 aromatic carbocycles. The van der Waals surface area contributed by atoms with E-state index >= 15 is 0 Å². The maximum absolute atomic E-state index is 13.7. The van der Waals surface area contributed by atoms with E-state index in [0.717, 1.165) is 18.9 Å². The molecular weight excluding hydrogens is 278 g/mol. The van der Waals surface area contributed by atoms with Crippen LogP contribution in [0.3, 0.4) is 0 Å². The Hall–Kier alpha value is -1.56. The molecule has 0 amide bonds. The quantitative estimate of drug-likeness (QED) is 0.662. The third-order valence-electron chi connectivity index (χ3n) is 4.28. The van der Waals surface area contributed by atoms with Crippen molar-refractivity contribution in [2.75, 3.05) is 0 Å². The summed E-state index contributed by atoms with van der Waals surface area (Å²) >= 11 is 0. The van der Waals surface area contributed by atoms with Crippen molar-refractivity contribution in [1.29, 1.82) is 0 Å². The predicted octanol–water partition coefficient (Wildman–Crippen LogP) is 3.93. The number of hydrogen-bond acceptors (Lipinski definition) is 3. The molecule has 0 aliphatic heterocycles. The van der Waals surface area contributed by atoms with Gasteiger partial charge in [-0.25, -0.2) is 4.39 Å². The second-order valence-electron chi connectivity index (χ2n) is 5.72. The summed E-state index contributed by atoms with van der Waals surface area (Å²) in [5.74, 6) is -1.33. The maximum Gasteiger partial charge on any atom is 0.305 e. The molecule has 0 saturated heterocycles. The number of nitrogens with one attached hydrogen (secondary N) is 1. The molecule has 1 fully saturated rings. The molecule has 116 valence electrons.